The van der Waals surface area contributed by atoms with Crippen molar-refractivity contribution in [1.29, 1.82) is 0 Å². The van der Waals surface area contributed by atoms with Crippen LogP contribution in [0.4, 0.5) is 10.2 Å². The molecule has 0 amide bonds. The van der Waals surface area contributed by atoms with Gasteiger partial charge >= 0.3 is 6.01 Å². The number of aliphatic hydroxyl groups excluding tert-OH is 1. The number of methoxy groups -OCH3 is 1. The van der Waals surface area contributed by atoms with Crippen LogP contribution in [0.25, 0.3) is 33.1 Å². The third-order valence-electron chi connectivity index (χ3n) is 10.5. The Morgan fingerprint density at radius 2 is 2.02 bits per heavy atom. The number of pyridine rings is 1. The van der Waals surface area contributed by atoms with E-state index in [-0.39, 0.29) is 47.6 Å². The number of nitrogens with one attached hydrogen (secondary N) is 1. The number of aromatic nitrogens is 5. The first-order valence-corrected chi connectivity index (χ1v) is 16.7. The summed E-state index contributed by atoms with van der Waals surface area (Å²) in [6.45, 7) is 2.78. The second-order valence-corrected chi connectivity index (χ2v) is 13.8. The third-order valence-corrected chi connectivity index (χ3v) is 10.8. The highest BCUT2D eigenvalue weighted by Crippen LogP contribution is 2.51. The van der Waals surface area contributed by atoms with Gasteiger partial charge in [-0.1, -0.05) is 18.0 Å². The van der Waals surface area contributed by atoms with Crippen molar-refractivity contribution in [3.63, 3.8) is 0 Å². The number of benzene rings is 1. The molecule has 1 aromatic carbocycles. The molecule has 4 fully saturated rings. The lowest BCUT2D eigenvalue weighted by atomic mass is 9.76. The molecule has 2 saturated carbocycles. The van der Waals surface area contributed by atoms with Crippen LogP contribution >= 0.6 is 11.6 Å². The Kier molecular flexibility index (Phi) is 7.66. The van der Waals surface area contributed by atoms with E-state index in [9.17, 15) is 5.11 Å². The first-order valence-electron chi connectivity index (χ1n) is 16.3. The van der Waals surface area contributed by atoms with Gasteiger partial charge in [-0.15, -0.1) is 0 Å². The maximum Gasteiger partial charge on any atom is 0.319 e. The summed E-state index contributed by atoms with van der Waals surface area (Å²) in [4.78, 5) is 18.7. The van der Waals surface area contributed by atoms with E-state index in [1.54, 1.807) is 6.20 Å². The number of hydrogen-bond acceptors (Lipinski definition) is 10. The molecule has 8 rings (SSSR count). The van der Waals surface area contributed by atoms with E-state index in [2.05, 4.69) is 22.1 Å². The number of β-amino-alcohol motifs (C(OH)–C–C–N with tert-alkyl or cyclic N) is 1. The van der Waals surface area contributed by atoms with Crippen LogP contribution in [0.5, 0.6) is 11.9 Å². The number of rotatable bonds is 7. The minimum Gasteiger partial charge on any atom is -0.480 e. The largest absolute Gasteiger partial charge is 0.480 e. The van der Waals surface area contributed by atoms with Crippen LogP contribution in [0.2, 0.25) is 5.02 Å². The number of nitrogens with zero attached hydrogens (tertiary/aromatic N) is 6. The second-order valence-electron chi connectivity index (χ2n) is 13.4. The number of aromatic amines is 1. The number of hydrogen-bond donors (Lipinski definition) is 2. The fraction of sp³-hybridized carbons (Fsp3) is 0.576. The third kappa shape index (κ3) is 5.04. The Morgan fingerprint density at radius 3 is 2.85 bits per heavy atom. The van der Waals surface area contributed by atoms with Crippen molar-refractivity contribution in [2.24, 2.45) is 5.41 Å². The topological polar surface area (TPSA) is 122 Å². The van der Waals surface area contributed by atoms with Gasteiger partial charge in [0.25, 0.3) is 0 Å². The summed E-state index contributed by atoms with van der Waals surface area (Å²) in [6.07, 6.45) is 8.41. The molecule has 0 spiro atoms. The zero-order valence-corrected chi connectivity index (χ0v) is 26.9. The van der Waals surface area contributed by atoms with Gasteiger partial charge in [-0.25, -0.2) is 9.37 Å². The van der Waals surface area contributed by atoms with Gasteiger partial charge in [0.05, 0.1) is 44.7 Å². The van der Waals surface area contributed by atoms with Crippen LogP contribution in [0.15, 0.2) is 12.3 Å². The van der Waals surface area contributed by atoms with Crippen molar-refractivity contribution in [2.75, 3.05) is 58.5 Å². The van der Waals surface area contributed by atoms with Crippen molar-refractivity contribution < 1.29 is 23.7 Å². The number of aliphatic hydroxyl groups is 1. The number of fused-ring (bicyclic) bond motifs is 3. The number of anilines is 1. The van der Waals surface area contributed by atoms with Crippen molar-refractivity contribution in [1.82, 2.24) is 30.0 Å². The van der Waals surface area contributed by atoms with Crippen molar-refractivity contribution in [2.45, 2.75) is 63.0 Å². The van der Waals surface area contributed by atoms with Crippen LogP contribution in [0, 0.1) is 11.2 Å². The number of halogens is 2. The fourth-order valence-electron chi connectivity index (χ4n) is 8.18. The van der Waals surface area contributed by atoms with Crippen molar-refractivity contribution in [3.05, 3.63) is 28.7 Å². The molecule has 2 aliphatic heterocycles. The quantitative estimate of drug-likeness (QED) is 0.280. The molecule has 3 unspecified atom stereocenters. The van der Waals surface area contributed by atoms with Crippen LogP contribution < -0.4 is 14.4 Å². The number of H-pyrrole nitrogens is 1. The zero-order valence-electron chi connectivity index (χ0n) is 26.2. The molecule has 244 valence electrons. The minimum absolute atomic E-state index is 0.00456. The Bertz CT molecular complexity index is 1800. The van der Waals surface area contributed by atoms with Gasteiger partial charge in [-0.2, -0.15) is 15.1 Å². The molecule has 46 heavy (non-hydrogen) atoms. The molecule has 0 bridgehead atoms. The molecule has 3 atom stereocenters. The first kappa shape index (κ1) is 30.0. The molecule has 2 N–H and O–H groups in total. The van der Waals surface area contributed by atoms with Crippen LogP contribution in [0.1, 0.15) is 56.4 Å². The summed E-state index contributed by atoms with van der Waals surface area (Å²) in [6, 6.07) is 2.37. The highest BCUT2D eigenvalue weighted by Gasteiger charge is 2.47. The maximum atomic E-state index is 17.2. The lowest BCUT2D eigenvalue weighted by Crippen LogP contribution is -2.50. The van der Waals surface area contributed by atoms with E-state index in [0.717, 1.165) is 62.4 Å². The summed E-state index contributed by atoms with van der Waals surface area (Å²) in [5.74, 6) is 0.157. The zero-order chi connectivity index (χ0) is 31.6. The summed E-state index contributed by atoms with van der Waals surface area (Å²) in [5, 5.41) is 19.4. The number of ether oxygens (including phenoxy) is 3. The molecule has 2 saturated heterocycles. The average molecular weight is 652 g/mol. The monoisotopic (exact) mass is 651 g/mol. The molecule has 3 aromatic heterocycles. The standard InChI is InChI=1S/C33H39ClFN7O4/c1-41-10-4-9-33(8-3-5-23(33)41)17-46-32-38-29-26(30(39-32)42-11-12-45-16-19(43)15-42)31(44-2)37-28(27(29)35)25-20-14-36-40-22(20)13-21(34)24(25)18-6-7-18/h13-14,18-19,23,43H,3-12,15-17H2,1-2H3,(H,36,40). The van der Waals surface area contributed by atoms with E-state index in [1.807, 2.05) is 11.0 Å². The van der Waals surface area contributed by atoms with E-state index in [1.165, 1.54) is 7.11 Å². The highest BCUT2D eigenvalue weighted by atomic mass is 35.5. The molecule has 2 aliphatic carbocycles. The van der Waals surface area contributed by atoms with Crippen LogP contribution in [-0.4, -0.2) is 101 Å². The summed E-state index contributed by atoms with van der Waals surface area (Å²) >= 11 is 6.82. The minimum atomic E-state index is -0.752. The van der Waals surface area contributed by atoms with Crippen LogP contribution in [0.3, 0.4) is 0 Å². The summed E-state index contributed by atoms with van der Waals surface area (Å²) in [7, 11) is 3.70. The Morgan fingerprint density at radius 1 is 1.17 bits per heavy atom. The highest BCUT2D eigenvalue weighted by molar-refractivity contribution is 6.33. The SMILES string of the molecule is COc1nc(-c2c(C3CC3)c(Cl)cc3[nH]ncc23)c(F)c2nc(OCC34CCCC3N(C)CCC4)nc(N3CCOCC(O)C3)c12. The smallest absolute Gasteiger partial charge is 0.319 e. The van der Waals surface area contributed by atoms with E-state index in [4.69, 9.17) is 40.8 Å². The molecular formula is C33H39ClFN7O4. The lowest BCUT2D eigenvalue weighted by molar-refractivity contribution is 0.0133. The van der Waals surface area contributed by atoms with Crippen LogP contribution in [-0.2, 0) is 4.74 Å². The van der Waals surface area contributed by atoms with Gasteiger partial charge in [0.2, 0.25) is 5.88 Å². The second kappa shape index (κ2) is 11.7. The Labute approximate surface area is 271 Å². The number of likely N-dealkylation sites (tertiary alicyclic amines) is 1. The predicted molar refractivity (Wildman–Crippen MR) is 172 cm³/mol. The van der Waals surface area contributed by atoms with E-state index in [0.29, 0.717) is 53.1 Å². The molecule has 0 radical (unpaired) electrons. The van der Waals surface area contributed by atoms with Gasteiger partial charge in [-0.3, -0.25) is 5.10 Å². The summed E-state index contributed by atoms with van der Waals surface area (Å²) < 4.78 is 35.2. The van der Waals surface area contributed by atoms with E-state index >= 15 is 4.39 Å². The molecule has 11 nitrogen and oxygen atoms in total. The molecule has 5 heterocycles. The fourth-order valence-corrected chi connectivity index (χ4v) is 8.54. The Hall–Kier alpha value is -3.32. The van der Waals surface area contributed by atoms with Crippen molar-refractivity contribution >= 4 is 39.2 Å². The number of piperidine rings is 1. The van der Waals surface area contributed by atoms with Gasteiger partial charge in [0.1, 0.15) is 22.4 Å². The predicted octanol–water partition coefficient (Wildman–Crippen LogP) is 5.09. The molecule has 4 aromatic rings. The molecular weight excluding hydrogens is 613 g/mol. The van der Waals surface area contributed by atoms with Crippen molar-refractivity contribution in [3.8, 4) is 23.1 Å². The molecule has 4 aliphatic rings. The van der Waals surface area contributed by atoms with Gasteiger partial charge in [0, 0.05) is 40.5 Å². The lowest BCUT2D eigenvalue weighted by Gasteiger charge is -2.44. The normalized spacial score (nSPS) is 25.6. The van der Waals surface area contributed by atoms with E-state index < -0.39 is 11.9 Å². The average Bonchev–Trinajstić information content (AvgIpc) is 3.68. The van der Waals surface area contributed by atoms with Gasteiger partial charge in [0.15, 0.2) is 5.82 Å². The molecule has 13 heteroatoms. The van der Waals surface area contributed by atoms with Gasteiger partial charge in [-0.05, 0) is 69.7 Å². The summed E-state index contributed by atoms with van der Waals surface area (Å²) in [5.41, 5.74) is 2.29. The Balaban J connectivity index is 1.31. The maximum absolute atomic E-state index is 17.2. The first-order chi connectivity index (χ1) is 22.4. The van der Waals surface area contributed by atoms with Gasteiger partial charge < -0.3 is 29.1 Å².